The first-order chi connectivity index (χ1) is 9.60. The molecule has 1 aromatic rings. The van der Waals surface area contributed by atoms with Crippen molar-refractivity contribution < 1.29 is 9.53 Å². The van der Waals surface area contributed by atoms with Crippen LogP contribution in [0.15, 0.2) is 18.2 Å². The standard InChI is InChI=1S/C14H20ClN3O2/c1-17-4-6-18(7-5-17)14(19)10-20-13-3-2-11(9-16)8-12(13)15/h2-3,8H,4-7,9-10,16H2,1H3. The number of likely N-dealkylation sites (N-methyl/N-ethyl adjacent to an activating group) is 1. The molecular weight excluding hydrogens is 278 g/mol. The van der Waals surface area contributed by atoms with Crippen LogP contribution in [0.4, 0.5) is 0 Å². The van der Waals surface area contributed by atoms with Gasteiger partial charge in [0, 0.05) is 32.7 Å². The summed E-state index contributed by atoms with van der Waals surface area (Å²) in [7, 11) is 2.05. The molecule has 1 aliphatic heterocycles. The molecule has 6 heteroatoms. The van der Waals surface area contributed by atoms with Crippen LogP contribution in [-0.4, -0.2) is 55.5 Å². The lowest BCUT2D eigenvalue weighted by atomic mass is 10.2. The minimum absolute atomic E-state index is 0.00271. The van der Waals surface area contributed by atoms with Crippen molar-refractivity contribution in [2.75, 3.05) is 39.8 Å². The lowest BCUT2D eigenvalue weighted by Gasteiger charge is -2.32. The van der Waals surface area contributed by atoms with Crippen molar-refractivity contribution in [2.45, 2.75) is 6.54 Å². The molecule has 2 N–H and O–H groups in total. The minimum Gasteiger partial charge on any atom is -0.482 e. The van der Waals surface area contributed by atoms with Crippen LogP contribution < -0.4 is 10.5 Å². The van der Waals surface area contributed by atoms with Crippen LogP contribution >= 0.6 is 11.6 Å². The fraction of sp³-hybridized carbons (Fsp3) is 0.500. The maximum atomic E-state index is 12.0. The summed E-state index contributed by atoms with van der Waals surface area (Å²) in [5.41, 5.74) is 6.47. The predicted octanol–water partition coefficient (Wildman–Crippen LogP) is 0.952. The van der Waals surface area contributed by atoms with Crippen molar-refractivity contribution in [1.29, 1.82) is 0 Å². The van der Waals surface area contributed by atoms with E-state index in [4.69, 9.17) is 22.1 Å². The quantitative estimate of drug-likeness (QED) is 0.899. The van der Waals surface area contributed by atoms with Crippen LogP contribution in [0.3, 0.4) is 0 Å². The van der Waals surface area contributed by atoms with E-state index >= 15 is 0 Å². The van der Waals surface area contributed by atoms with Crippen LogP contribution in [0.25, 0.3) is 0 Å². The highest BCUT2D eigenvalue weighted by Gasteiger charge is 2.19. The van der Waals surface area contributed by atoms with Crippen molar-refractivity contribution in [3.63, 3.8) is 0 Å². The molecule has 0 spiro atoms. The summed E-state index contributed by atoms with van der Waals surface area (Å²) >= 11 is 6.08. The molecule has 0 saturated carbocycles. The van der Waals surface area contributed by atoms with Gasteiger partial charge in [-0.25, -0.2) is 0 Å². The maximum Gasteiger partial charge on any atom is 0.260 e. The molecule has 0 aliphatic carbocycles. The summed E-state index contributed by atoms with van der Waals surface area (Å²) in [6.45, 7) is 3.75. The largest absolute Gasteiger partial charge is 0.482 e. The zero-order valence-corrected chi connectivity index (χ0v) is 12.4. The van der Waals surface area contributed by atoms with Gasteiger partial charge in [-0.3, -0.25) is 4.79 Å². The van der Waals surface area contributed by atoms with Crippen molar-refractivity contribution in [1.82, 2.24) is 9.80 Å². The molecule has 1 fully saturated rings. The topological polar surface area (TPSA) is 58.8 Å². The molecule has 5 nitrogen and oxygen atoms in total. The molecule has 0 unspecified atom stereocenters. The molecule has 0 bridgehead atoms. The van der Waals surface area contributed by atoms with Crippen LogP contribution in [0, 0.1) is 0 Å². The zero-order valence-electron chi connectivity index (χ0n) is 11.6. The molecular formula is C14H20ClN3O2. The maximum absolute atomic E-state index is 12.0. The first-order valence-electron chi connectivity index (χ1n) is 6.68. The third-order valence-electron chi connectivity index (χ3n) is 3.44. The molecule has 20 heavy (non-hydrogen) atoms. The normalized spacial score (nSPS) is 16.2. The van der Waals surface area contributed by atoms with Gasteiger partial charge in [0.05, 0.1) is 5.02 Å². The van der Waals surface area contributed by atoms with Crippen molar-refractivity contribution in [3.05, 3.63) is 28.8 Å². The Morgan fingerprint density at radius 1 is 1.35 bits per heavy atom. The lowest BCUT2D eigenvalue weighted by Crippen LogP contribution is -2.48. The summed E-state index contributed by atoms with van der Waals surface area (Å²) < 4.78 is 5.50. The third-order valence-corrected chi connectivity index (χ3v) is 3.73. The van der Waals surface area contributed by atoms with E-state index in [-0.39, 0.29) is 12.5 Å². The Morgan fingerprint density at radius 3 is 2.65 bits per heavy atom. The fourth-order valence-electron chi connectivity index (χ4n) is 2.07. The van der Waals surface area contributed by atoms with E-state index in [1.165, 1.54) is 0 Å². The molecule has 1 aromatic carbocycles. The number of benzene rings is 1. The first kappa shape index (κ1) is 15.1. The molecule has 0 radical (unpaired) electrons. The highest BCUT2D eigenvalue weighted by molar-refractivity contribution is 6.32. The second-order valence-electron chi connectivity index (χ2n) is 4.94. The van der Waals surface area contributed by atoms with Crippen molar-refractivity contribution >= 4 is 17.5 Å². The van der Waals surface area contributed by atoms with Gasteiger partial charge in [0.2, 0.25) is 0 Å². The monoisotopic (exact) mass is 297 g/mol. The lowest BCUT2D eigenvalue weighted by molar-refractivity contribution is -0.134. The van der Waals surface area contributed by atoms with Gasteiger partial charge in [0.1, 0.15) is 5.75 Å². The minimum atomic E-state index is -0.00271. The Labute approximate surface area is 124 Å². The molecule has 110 valence electrons. The van der Waals surface area contributed by atoms with Gasteiger partial charge in [0.15, 0.2) is 6.61 Å². The van der Waals surface area contributed by atoms with Gasteiger partial charge in [-0.05, 0) is 24.7 Å². The number of carbonyl (C=O) groups is 1. The molecule has 2 rings (SSSR count). The van der Waals surface area contributed by atoms with Gasteiger partial charge < -0.3 is 20.3 Å². The predicted molar refractivity (Wildman–Crippen MR) is 78.9 cm³/mol. The molecule has 1 heterocycles. The van der Waals surface area contributed by atoms with Gasteiger partial charge in [-0.15, -0.1) is 0 Å². The summed E-state index contributed by atoms with van der Waals surface area (Å²) in [5, 5.41) is 0.485. The van der Waals surface area contributed by atoms with Gasteiger partial charge >= 0.3 is 0 Å². The van der Waals surface area contributed by atoms with E-state index in [1.807, 2.05) is 11.0 Å². The zero-order chi connectivity index (χ0) is 14.5. The van der Waals surface area contributed by atoms with Crippen LogP contribution in [0.5, 0.6) is 5.75 Å². The van der Waals surface area contributed by atoms with E-state index in [9.17, 15) is 4.79 Å². The van der Waals surface area contributed by atoms with E-state index < -0.39 is 0 Å². The average molecular weight is 298 g/mol. The highest BCUT2D eigenvalue weighted by Crippen LogP contribution is 2.25. The summed E-state index contributed by atoms with van der Waals surface area (Å²) in [6, 6.07) is 5.36. The first-order valence-corrected chi connectivity index (χ1v) is 7.05. The Bertz CT molecular complexity index is 473. The number of ether oxygens (including phenoxy) is 1. The highest BCUT2D eigenvalue weighted by atomic mass is 35.5. The number of hydrogen-bond donors (Lipinski definition) is 1. The SMILES string of the molecule is CN1CCN(C(=O)COc2ccc(CN)cc2Cl)CC1. The average Bonchev–Trinajstić information content (AvgIpc) is 2.46. The Hall–Kier alpha value is -1.30. The van der Waals surface area contributed by atoms with Crippen molar-refractivity contribution in [2.24, 2.45) is 5.73 Å². The number of carbonyl (C=O) groups excluding carboxylic acids is 1. The number of nitrogens with zero attached hydrogens (tertiary/aromatic N) is 2. The Kier molecular flexibility index (Phi) is 5.23. The van der Waals surface area contributed by atoms with E-state index in [0.29, 0.717) is 17.3 Å². The summed E-state index contributed by atoms with van der Waals surface area (Å²) in [5.74, 6) is 0.517. The molecule has 1 amide bonds. The number of halogens is 1. The number of nitrogens with two attached hydrogens (primary N) is 1. The van der Waals surface area contributed by atoms with E-state index in [0.717, 1.165) is 31.7 Å². The molecule has 0 aromatic heterocycles. The van der Waals surface area contributed by atoms with Crippen LogP contribution in [0.2, 0.25) is 5.02 Å². The molecule has 1 saturated heterocycles. The van der Waals surface area contributed by atoms with Crippen LogP contribution in [-0.2, 0) is 11.3 Å². The number of amides is 1. The van der Waals surface area contributed by atoms with Crippen molar-refractivity contribution in [3.8, 4) is 5.75 Å². The van der Waals surface area contributed by atoms with Gasteiger partial charge in [-0.1, -0.05) is 17.7 Å². The second kappa shape index (κ2) is 6.92. The second-order valence-corrected chi connectivity index (χ2v) is 5.35. The number of hydrogen-bond acceptors (Lipinski definition) is 4. The number of piperazine rings is 1. The Balaban J connectivity index is 1.87. The fourth-order valence-corrected chi connectivity index (χ4v) is 2.33. The Morgan fingerprint density at radius 2 is 2.05 bits per heavy atom. The van der Waals surface area contributed by atoms with E-state index in [2.05, 4.69) is 11.9 Å². The molecule has 1 aliphatic rings. The van der Waals surface area contributed by atoms with Crippen LogP contribution in [0.1, 0.15) is 5.56 Å². The smallest absolute Gasteiger partial charge is 0.260 e. The third kappa shape index (κ3) is 3.85. The molecule has 0 atom stereocenters. The number of rotatable bonds is 4. The van der Waals surface area contributed by atoms with Gasteiger partial charge in [0.25, 0.3) is 5.91 Å². The summed E-state index contributed by atoms with van der Waals surface area (Å²) in [4.78, 5) is 16.1. The van der Waals surface area contributed by atoms with E-state index in [1.54, 1.807) is 12.1 Å². The van der Waals surface area contributed by atoms with Gasteiger partial charge in [-0.2, -0.15) is 0 Å². The summed E-state index contributed by atoms with van der Waals surface area (Å²) in [6.07, 6.45) is 0.